The summed E-state index contributed by atoms with van der Waals surface area (Å²) in [5.74, 6) is -0.731. The number of carboxylic acid groups (broad SMARTS) is 1. The highest BCUT2D eigenvalue weighted by molar-refractivity contribution is 5.92. The average Bonchev–Trinajstić information content (AvgIpc) is 2.60. The van der Waals surface area contributed by atoms with Crippen LogP contribution in [0, 0.1) is 0 Å². The maximum absolute atomic E-state index is 12.1. The number of fused-ring (bicyclic) bond motifs is 1. The molecular formula is C20H25NO2. The first-order valence-corrected chi connectivity index (χ1v) is 8.55. The Labute approximate surface area is 137 Å². The van der Waals surface area contributed by atoms with Crippen molar-refractivity contribution in [3.8, 4) is 0 Å². The molecule has 1 unspecified atom stereocenters. The van der Waals surface area contributed by atoms with E-state index < -0.39 is 11.4 Å². The minimum absolute atomic E-state index is 0.649. The number of likely N-dealkylation sites (tertiary alicyclic amines) is 1. The third-order valence-corrected chi connectivity index (χ3v) is 5.23. The highest BCUT2D eigenvalue weighted by Gasteiger charge is 2.36. The Morgan fingerprint density at radius 1 is 1.09 bits per heavy atom. The van der Waals surface area contributed by atoms with Crippen LogP contribution in [-0.4, -0.2) is 35.6 Å². The van der Waals surface area contributed by atoms with Gasteiger partial charge in [0.05, 0.1) is 5.41 Å². The van der Waals surface area contributed by atoms with Gasteiger partial charge in [-0.25, -0.2) is 0 Å². The number of aliphatic carboxylic acids is 1. The highest BCUT2D eigenvalue weighted by atomic mass is 16.4. The molecule has 1 N–H and O–H groups in total. The zero-order valence-corrected chi connectivity index (χ0v) is 13.8. The van der Waals surface area contributed by atoms with Crippen LogP contribution in [0.3, 0.4) is 0 Å². The molecule has 1 atom stereocenters. The molecule has 0 aromatic heterocycles. The van der Waals surface area contributed by atoms with Crippen molar-refractivity contribution in [1.82, 2.24) is 4.90 Å². The Morgan fingerprint density at radius 2 is 1.78 bits per heavy atom. The van der Waals surface area contributed by atoms with Gasteiger partial charge in [0, 0.05) is 0 Å². The summed E-state index contributed by atoms with van der Waals surface area (Å²) in [5, 5.41) is 12.1. The molecule has 2 aromatic carbocycles. The van der Waals surface area contributed by atoms with Crippen molar-refractivity contribution in [2.75, 3.05) is 19.6 Å². The number of nitrogens with zero attached hydrogens (tertiary/aromatic N) is 1. The third kappa shape index (κ3) is 3.25. The molecule has 122 valence electrons. The van der Waals surface area contributed by atoms with E-state index in [9.17, 15) is 9.90 Å². The molecular weight excluding hydrogens is 286 g/mol. The highest BCUT2D eigenvalue weighted by Crippen LogP contribution is 2.34. The number of hydrogen-bond acceptors (Lipinski definition) is 2. The van der Waals surface area contributed by atoms with Crippen LogP contribution in [0.5, 0.6) is 0 Å². The average molecular weight is 311 g/mol. The SMILES string of the molecule is CC(CCN1CCCCC1)(C(=O)O)c1cccc2ccccc12. The van der Waals surface area contributed by atoms with Crippen molar-refractivity contribution in [3.05, 3.63) is 48.0 Å². The van der Waals surface area contributed by atoms with Crippen LogP contribution in [0.25, 0.3) is 10.8 Å². The maximum atomic E-state index is 12.1. The van der Waals surface area contributed by atoms with Gasteiger partial charge in [-0.3, -0.25) is 4.79 Å². The van der Waals surface area contributed by atoms with Gasteiger partial charge in [0.15, 0.2) is 0 Å². The Kier molecular flexibility index (Phi) is 4.67. The molecule has 1 saturated heterocycles. The molecule has 0 bridgehead atoms. The van der Waals surface area contributed by atoms with Crippen molar-refractivity contribution in [1.29, 1.82) is 0 Å². The van der Waals surface area contributed by atoms with Crippen LogP contribution < -0.4 is 0 Å². The molecule has 3 rings (SSSR count). The van der Waals surface area contributed by atoms with Crippen LogP contribution in [0.1, 0.15) is 38.2 Å². The predicted octanol–water partition coefficient (Wildman–Crippen LogP) is 4.06. The van der Waals surface area contributed by atoms with Crippen molar-refractivity contribution in [3.63, 3.8) is 0 Å². The summed E-state index contributed by atoms with van der Waals surface area (Å²) in [4.78, 5) is 14.5. The first-order valence-electron chi connectivity index (χ1n) is 8.55. The Balaban J connectivity index is 1.91. The fraction of sp³-hybridized carbons (Fsp3) is 0.450. The summed E-state index contributed by atoms with van der Waals surface area (Å²) >= 11 is 0. The van der Waals surface area contributed by atoms with Crippen LogP contribution in [0.15, 0.2) is 42.5 Å². The second-order valence-corrected chi connectivity index (χ2v) is 6.82. The van der Waals surface area contributed by atoms with Gasteiger partial charge in [0.2, 0.25) is 0 Å². The summed E-state index contributed by atoms with van der Waals surface area (Å²) < 4.78 is 0. The molecule has 3 nitrogen and oxygen atoms in total. The van der Waals surface area contributed by atoms with E-state index >= 15 is 0 Å². The van der Waals surface area contributed by atoms with Crippen LogP contribution >= 0.6 is 0 Å². The normalized spacial score (nSPS) is 18.7. The standard InChI is InChI=1S/C20H25NO2/c1-20(19(22)23,12-15-21-13-5-2-6-14-21)18-11-7-9-16-8-3-4-10-17(16)18/h3-4,7-11H,2,5-6,12-15H2,1H3,(H,22,23). The van der Waals surface area contributed by atoms with Gasteiger partial charge in [-0.2, -0.15) is 0 Å². The molecule has 0 spiro atoms. The van der Waals surface area contributed by atoms with E-state index in [2.05, 4.69) is 4.90 Å². The van der Waals surface area contributed by atoms with Gasteiger partial charge < -0.3 is 10.0 Å². The van der Waals surface area contributed by atoms with E-state index in [0.29, 0.717) is 6.42 Å². The number of carboxylic acids is 1. The zero-order valence-electron chi connectivity index (χ0n) is 13.8. The second kappa shape index (κ2) is 6.71. The summed E-state index contributed by atoms with van der Waals surface area (Å²) in [6, 6.07) is 14.1. The van der Waals surface area contributed by atoms with E-state index in [4.69, 9.17) is 0 Å². The molecule has 0 aliphatic carbocycles. The fourth-order valence-corrected chi connectivity index (χ4v) is 3.63. The van der Waals surface area contributed by atoms with Crippen LogP contribution in [0.2, 0.25) is 0 Å². The molecule has 2 aromatic rings. The number of benzene rings is 2. The van der Waals surface area contributed by atoms with Crippen molar-refractivity contribution in [2.24, 2.45) is 0 Å². The second-order valence-electron chi connectivity index (χ2n) is 6.82. The zero-order chi connectivity index (χ0) is 16.3. The van der Waals surface area contributed by atoms with E-state index in [1.807, 2.05) is 49.4 Å². The van der Waals surface area contributed by atoms with E-state index in [0.717, 1.165) is 36.0 Å². The van der Waals surface area contributed by atoms with E-state index in [1.165, 1.54) is 19.3 Å². The monoisotopic (exact) mass is 311 g/mol. The summed E-state index contributed by atoms with van der Waals surface area (Å²) in [5.41, 5.74) is 0.0818. The van der Waals surface area contributed by atoms with Gasteiger partial charge in [-0.1, -0.05) is 48.9 Å². The van der Waals surface area contributed by atoms with Crippen molar-refractivity contribution >= 4 is 16.7 Å². The lowest BCUT2D eigenvalue weighted by atomic mass is 9.77. The van der Waals surface area contributed by atoms with Crippen LogP contribution in [0.4, 0.5) is 0 Å². The van der Waals surface area contributed by atoms with Crippen molar-refractivity contribution < 1.29 is 9.90 Å². The fourth-order valence-electron chi connectivity index (χ4n) is 3.63. The number of hydrogen-bond donors (Lipinski definition) is 1. The van der Waals surface area contributed by atoms with Crippen molar-refractivity contribution in [2.45, 2.75) is 38.0 Å². The summed E-state index contributed by atoms with van der Waals surface area (Å²) in [6.07, 6.45) is 4.42. The Morgan fingerprint density at radius 3 is 2.52 bits per heavy atom. The molecule has 3 heteroatoms. The van der Waals surface area contributed by atoms with Gasteiger partial charge in [-0.05, 0) is 62.2 Å². The maximum Gasteiger partial charge on any atom is 0.313 e. The van der Waals surface area contributed by atoms with E-state index in [-0.39, 0.29) is 0 Å². The van der Waals surface area contributed by atoms with Gasteiger partial charge in [-0.15, -0.1) is 0 Å². The molecule has 1 heterocycles. The van der Waals surface area contributed by atoms with Gasteiger partial charge in [0.1, 0.15) is 0 Å². The Bertz CT molecular complexity index is 686. The lowest BCUT2D eigenvalue weighted by Crippen LogP contribution is -2.39. The molecule has 1 aliphatic rings. The number of carbonyl (C=O) groups is 1. The minimum Gasteiger partial charge on any atom is -0.481 e. The number of piperidine rings is 1. The Hall–Kier alpha value is -1.87. The topological polar surface area (TPSA) is 40.5 Å². The quantitative estimate of drug-likeness (QED) is 0.905. The lowest BCUT2D eigenvalue weighted by Gasteiger charge is -2.32. The summed E-state index contributed by atoms with van der Waals surface area (Å²) in [7, 11) is 0. The van der Waals surface area contributed by atoms with Gasteiger partial charge in [0.25, 0.3) is 0 Å². The van der Waals surface area contributed by atoms with E-state index in [1.54, 1.807) is 0 Å². The first-order chi connectivity index (χ1) is 11.1. The van der Waals surface area contributed by atoms with Crippen LogP contribution in [-0.2, 0) is 10.2 Å². The number of rotatable bonds is 5. The smallest absolute Gasteiger partial charge is 0.313 e. The molecule has 1 fully saturated rings. The predicted molar refractivity (Wildman–Crippen MR) is 93.8 cm³/mol. The molecule has 0 amide bonds. The minimum atomic E-state index is -0.849. The summed E-state index contributed by atoms with van der Waals surface area (Å²) in [6.45, 7) is 4.93. The molecule has 0 saturated carbocycles. The molecule has 23 heavy (non-hydrogen) atoms. The molecule has 0 radical (unpaired) electrons. The van der Waals surface area contributed by atoms with Gasteiger partial charge >= 0.3 is 5.97 Å². The molecule has 1 aliphatic heterocycles. The largest absolute Gasteiger partial charge is 0.481 e. The lowest BCUT2D eigenvalue weighted by molar-refractivity contribution is -0.143. The third-order valence-electron chi connectivity index (χ3n) is 5.23. The first kappa shape index (κ1) is 16.0.